The average molecular weight is 379 g/mol. The fraction of sp³-hybridized carbons (Fsp3) is 0.350. The molecule has 3 rings (SSSR count). The molecule has 2 unspecified atom stereocenters. The zero-order chi connectivity index (χ0) is 17.2. The third-order valence-electron chi connectivity index (χ3n) is 5.03. The molecule has 1 saturated carbocycles. The molecular weight excluding hydrogens is 355 g/mol. The number of hydrogen-bond donors (Lipinski definition) is 2. The van der Waals surface area contributed by atoms with Gasteiger partial charge in [-0.05, 0) is 36.1 Å². The number of nitrogens with one attached hydrogen (secondary N) is 1. The second kappa shape index (κ2) is 8.22. The van der Waals surface area contributed by atoms with Crippen molar-refractivity contribution in [1.29, 1.82) is 0 Å². The first-order valence-corrected chi connectivity index (χ1v) is 8.74. The lowest BCUT2D eigenvalue weighted by Gasteiger charge is -2.22. The van der Waals surface area contributed by atoms with Crippen LogP contribution in [0, 0.1) is 5.92 Å². The number of nitrogens with two attached hydrogens (primary N) is 1. The fourth-order valence-corrected chi connectivity index (χ4v) is 3.27. The van der Waals surface area contributed by atoms with Crippen molar-refractivity contribution in [3.05, 3.63) is 70.7 Å². The number of carbonyl (C=O) groups is 1. The third-order valence-corrected chi connectivity index (χ3v) is 5.26. The van der Waals surface area contributed by atoms with Gasteiger partial charge in [0.15, 0.2) is 0 Å². The van der Waals surface area contributed by atoms with Crippen molar-refractivity contribution in [2.24, 2.45) is 11.7 Å². The van der Waals surface area contributed by atoms with E-state index in [0.717, 1.165) is 23.4 Å². The Labute approximate surface area is 160 Å². The van der Waals surface area contributed by atoms with Crippen LogP contribution < -0.4 is 11.1 Å². The zero-order valence-electron chi connectivity index (χ0n) is 14.2. The summed E-state index contributed by atoms with van der Waals surface area (Å²) in [5.41, 5.74) is 8.47. The summed E-state index contributed by atoms with van der Waals surface area (Å²) in [7, 11) is 0. The number of carbonyl (C=O) groups excluding carboxylic acids is 1. The molecule has 1 aliphatic carbocycles. The Hall–Kier alpha value is -1.55. The van der Waals surface area contributed by atoms with Gasteiger partial charge >= 0.3 is 0 Å². The molecule has 0 spiro atoms. The minimum absolute atomic E-state index is 0. The molecule has 0 aliphatic heterocycles. The van der Waals surface area contributed by atoms with Gasteiger partial charge in [-0.1, -0.05) is 61.0 Å². The quantitative estimate of drug-likeness (QED) is 0.789. The van der Waals surface area contributed by atoms with Gasteiger partial charge in [-0.15, -0.1) is 12.4 Å². The van der Waals surface area contributed by atoms with Crippen LogP contribution in [-0.2, 0) is 10.2 Å². The van der Waals surface area contributed by atoms with Crippen molar-refractivity contribution < 1.29 is 4.79 Å². The van der Waals surface area contributed by atoms with Gasteiger partial charge in [-0.25, -0.2) is 0 Å². The van der Waals surface area contributed by atoms with Crippen molar-refractivity contribution in [1.82, 2.24) is 5.32 Å². The predicted molar refractivity (Wildman–Crippen MR) is 105 cm³/mol. The van der Waals surface area contributed by atoms with Gasteiger partial charge in [0, 0.05) is 23.0 Å². The van der Waals surface area contributed by atoms with Gasteiger partial charge in [-0.2, -0.15) is 0 Å². The summed E-state index contributed by atoms with van der Waals surface area (Å²) in [6.07, 6.45) is 2.15. The molecule has 1 aliphatic rings. The molecule has 0 bridgehead atoms. The summed E-state index contributed by atoms with van der Waals surface area (Å²) in [6.45, 7) is 2.52. The first kappa shape index (κ1) is 19.8. The van der Waals surface area contributed by atoms with Gasteiger partial charge in [0.1, 0.15) is 0 Å². The molecule has 0 saturated heterocycles. The molecule has 2 atom stereocenters. The molecule has 1 amide bonds. The molecule has 0 radical (unpaired) electrons. The van der Waals surface area contributed by atoms with E-state index in [0.29, 0.717) is 6.54 Å². The Kier molecular flexibility index (Phi) is 6.50. The molecule has 3 N–H and O–H groups in total. The van der Waals surface area contributed by atoms with E-state index in [9.17, 15) is 4.79 Å². The van der Waals surface area contributed by atoms with Crippen LogP contribution in [0.2, 0.25) is 5.02 Å². The maximum Gasteiger partial charge on any atom is 0.224 e. The van der Waals surface area contributed by atoms with E-state index < -0.39 is 0 Å². The Bertz CT molecular complexity index is 717. The maximum atomic E-state index is 12.5. The van der Waals surface area contributed by atoms with E-state index in [1.54, 1.807) is 0 Å². The second-order valence-corrected chi connectivity index (χ2v) is 7.17. The molecule has 2 aromatic carbocycles. The lowest BCUT2D eigenvalue weighted by molar-refractivity contribution is -0.125. The Morgan fingerprint density at radius 3 is 2.48 bits per heavy atom. The highest BCUT2D eigenvalue weighted by Gasteiger charge is 2.44. The monoisotopic (exact) mass is 378 g/mol. The van der Waals surface area contributed by atoms with Crippen LogP contribution in [0.5, 0.6) is 0 Å². The van der Waals surface area contributed by atoms with E-state index in [2.05, 4.69) is 11.4 Å². The lowest BCUT2D eigenvalue weighted by Crippen LogP contribution is -2.39. The number of benzene rings is 2. The minimum atomic E-state index is -0.299. The molecule has 2 aromatic rings. The van der Waals surface area contributed by atoms with E-state index in [-0.39, 0.29) is 35.7 Å². The average Bonchev–Trinajstić information content (AvgIpc) is 3.40. The van der Waals surface area contributed by atoms with E-state index >= 15 is 0 Å². The summed E-state index contributed by atoms with van der Waals surface area (Å²) in [4.78, 5) is 12.5. The third kappa shape index (κ3) is 4.55. The minimum Gasteiger partial charge on any atom is -0.355 e. The predicted octanol–water partition coefficient (Wildman–Crippen LogP) is 4.25. The van der Waals surface area contributed by atoms with Crippen molar-refractivity contribution >= 4 is 29.9 Å². The molecule has 3 nitrogen and oxygen atoms in total. The van der Waals surface area contributed by atoms with Gasteiger partial charge in [0.25, 0.3) is 0 Å². The standard InChI is InChI=1S/C20H23ClN2O.ClH/c1-14(18(22)15-6-3-2-4-7-15)19(24)23-13-20(10-11-20)16-8-5-9-17(21)12-16;/h2-9,12,14,18H,10-11,13,22H2,1H3,(H,23,24);1H. The van der Waals surface area contributed by atoms with Gasteiger partial charge in [-0.3, -0.25) is 4.79 Å². The summed E-state index contributed by atoms with van der Waals surface area (Å²) in [5, 5.41) is 3.83. The van der Waals surface area contributed by atoms with E-state index in [1.165, 1.54) is 5.56 Å². The van der Waals surface area contributed by atoms with Gasteiger partial charge < -0.3 is 11.1 Å². The van der Waals surface area contributed by atoms with Crippen LogP contribution in [0.15, 0.2) is 54.6 Å². The number of rotatable bonds is 6. The highest BCUT2D eigenvalue weighted by atomic mass is 35.5. The topological polar surface area (TPSA) is 55.1 Å². The maximum absolute atomic E-state index is 12.5. The largest absolute Gasteiger partial charge is 0.355 e. The highest BCUT2D eigenvalue weighted by molar-refractivity contribution is 6.30. The van der Waals surface area contributed by atoms with Crippen LogP contribution >= 0.6 is 24.0 Å². The highest BCUT2D eigenvalue weighted by Crippen LogP contribution is 2.48. The van der Waals surface area contributed by atoms with Crippen LogP contribution in [0.3, 0.4) is 0 Å². The smallest absolute Gasteiger partial charge is 0.224 e. The number of halogens is 2. The normalized spacial score (nSPS) is 17.1. The Balaban J connectivity index is 0.00000225. The van der Waals surface area contributed by atoms with Crippen LogP contribution in [0.25, 0.3) is 0 Å². The van der Waals surface area contributed by atoms with Crippen LogP contribution in [0.1, 0.15) is 36.9 Å². The first-order valence-electron chi connectivity index (χ1n) is 8.36. The SMILES string of the molecule is CC(C(=O)NCC1(c2cccc(Cl)c2)CC1)C(N)c1ccccc1.Cl. The van der Waals surface area contributed by atoms with Crippen molar-refractivity contribution in [2.45, 2.75) is 31.2 Å². The van der Waals surface area contributed by atoms with Gasteiger partial charge in [0.2, 0.25) is 5.91 Å². The molecule has 0 heterocycles. The Morgan fingerprint density at radius 1 is 1.20 bits per heavy atom. The molecule has 0 aromatic heterocycles. The molecule has 134 valence electrons. The zero-order valence-corrected chi connectivity index (χ0v) is 15.8. The molecule has 25 heavy (non-hydrogen) atoms. The van der Waals surface area contributed by atoms with Crippen molar-refractivity contribution in [2.75, 3.05) is 6.54 Å². The van der Waals surface area contributed by atoms with E-state index in [4.69, 9.17) is 17.3 Å². The fourth-order valence-electron chi connectivity index (χ4n) is 3.08. The molecule has 5 heteroatoms. The molecule has 1 fully saturated rings. The number of amides is 1. The van der Waals surface area contributed by atoms with Gasteiger partial charge in [0.05, 0.1) is 5.92 Å². The first-order chi connectivity index (χ1) is 11.5. The van der Waals surface area contributed by atoms with Crippen LogP contribution in [-0.4, -0.2) is 12.5 Å². The summed E-state index contributed by atoms with van der Waals surface area (Å²) >= 11 is 6.10. The second-order valence-electron chi connectivity index (χ2n) is 6.73. The Morgan fingerprint density at radius 2 is 1.88 bits per heavy atom. The van der Waals surface area contributed by atoms with Crippen LogP contribution in [0.4, 0.5) is 0 Å². The lowest BCUT2D eigenvalue weighted by atomic mass is 9.93. The summed E-state index contributed by atoms with van der Waals surface area (Å²) in [6, 6.07) is 17.4. The van der Waals surface area contributed by atoms with E-state index in [1.807, 2.05) is 55.5 Å². The summed E-state index contributed by atoms with van der Waals surface area (Å²) < 4.78 is 0. The van der Waals surface area contributed by atoms with Crippen molar-refractivity contribution in [3.8, 4) is 0 Å². The van der Waals surface area contributed by atoms with Crippen molar-refractivity contribution in [3.63, 3.8) is 0 Å². The summed E-state index contributed by atoms with van der Waals surface area (Å²) in [5.74, 6) is -0.276. The molecular formula is C20H24Cl2N2O. The number of hydrogen-bond acceptors (Lipinski definition) is 2.